The van der Waals surface area contributed by atoms with Gasteiger partial charge in [-0.1, -0.05) is 15.9 Å². The van der Waals surface area contributed by atoms with Gasteiger partial charge >= 0.3 is 0 Å². The van der Waals surface area contributed by atoms with Gasteiger partial charge in [0.15, 0.2) is 11.5 Å². The number of aliphatic hydroxyl groups is 1. The lowest BCUT2D eigenvalue weighted by molar-refractivity contribution is 0.273. The monoisotopic (exact) mass is 218 g/mol. The van der Waals surface area contributed by atoms with E-state index < -0.39 is 0 Å². The number of aromatic hydroxyl groups is 2. The normalized spacial score (nSPS) is 10.0. The maximum absolute atomic E-state index is 9.09. The first-order chi connectivity index (χ1) is 5.15. The molecule has 0 radical (unpaired) electrons. The maximum Gasteiger partial charge on any atom is 0.163 e. The Balaban J connectivity index is 3.24. The molecule has 0 bridgehead atoms. The molecule has 0 saturated heterocycles. The molecule has 0 spiro atoms. The number of halogens is 1. The smallest absolute Gasteiger partial charge is 0.163 e. The molecule has 1 rings (SSSR count). The highest BCUT2D eigenvalue weighted by Crippen LogP contribution is 2.32. The predicted octanol–water partition coefficient (Wildman–Crippen LogP) is 1.35. The number of hydrogen-bond acceptors (Lipinski definition) is 3. The summed E-state index contributed by atoms with van der Waals surface area (Å²) in [7, 11) is 0. The van der Waals surface area contributed by atoms with E-state index in [1.54, 1.807) is 0 Å². The third-order valence-corrected chi connectivity index (χ3v) is 1.76. The van der Waals surface area contributed by atoms with Gasteiger partial charge in [0.05, 0.1) is 6.61 Å². The minimum absolute atomic E-state index is 0.233. The van der Waals surface area contributed by atoms with Crippen LogP contribution in [-0.4, -0.2) is 15.3 Å². The van der Waals surface area contributed by atoms with Gasteiger partial charge in [0.2, 0.25) is 0 Å². The van der Waals surface area contributed by atoms with Gasteiger partial charge < -0.3 is 15.3 Å². The standard InChI is InChI=1S/C7H7BrO3/c8-5-1-4(3-9)7(11)6(10)2-5/h1-2,9-11H,3H2. The number of phenolic OH excluding ortho intramolecular Hbond substituents is 1. The fourth-order valence-corrected chi connectivity index (χ4v) is 1.25. The number of benzene rings is 1. The van der Waals surface area contributed by atoms with Gasteiger partial charge in [-0.15, -0.1) is 0 Å². The van der Waals surface area contributed by atoms with Gasteiger partial charge in [-0.3, -0.25) is 0 Å². The fourth-order valence-electron chi connectivity index (χ4n) is 0.760. The number of phenols is 2. The van der Waals surface area contributed by atoms with Crippen molar-refractivity contribution in [3.8, 4) is 11.5 Å². The largest absolute Gasteiger partial charge is 0.504 e. The molecule has 1 aromatic rings. The van der Waals surface area contributed by atoms with Gasteiger partial charge in [-0.05, 0) is 12.1 Å². The molecule has 0 atom stereocenters. The average molecular weight is 219 g/mol. The lowest BCUT2D eigenvalue weighted by Crippen LogP contribution is -1.84. The topological polar surface area (TPSA) is 60.7 Å². The number of aliphatic hydroxyl groups excluding tert-OH is 1. The van der Waals surface area contributed by atoms with E-state index in [1.807, 2.05) is 0 Å². The summed E-state index contributed by atoms with van der Waals surface area (Å²) in [6.07, 6.45) is 0. The summed E-state index contributed by atoms with van der Waals surface area (Å²) in [5.41, 5.74) is 0.303. The van der Waals surface area contributed by atoms with E-state index >= 15 is 0 Å². The van der Waals surface area contributed by atoms with Crippen LogP contribution in [0.5, 0.6) is 11.5 Å². The van der Waals surface area contributed by atoms with Crippen molar-refractivity contribution in [2.75, 3.05) is 0 Å². The fraction of sp³-hybridized carbons (Fsp3) is 0.143. The molecule has 0 fully saturated rings. The molecule has 3 N–H and O–H groups in total. The van der Waals surface area contributed by atoms with Crippen LogP contribution in [0.15, 0.2) is 16.6 Å². The maximum atomic E-state index is 9.09. The Morgan fingerprint density at radius 1 is 1.27 bits per heavy atom. The summed E-state index contributed by atoms with van der Waals surface area (Å²) in [6.45, 7) is -0.293. The van der Waals surface area contributed by atoms with Crippen LogP contribution in [0.4, 0.5) is 0 Å². The van der Waals surface area contributed by atoms with Crippen molar-refractivity contribution in [3.63, 3.8) is 0 Å². The molecular formula is C7H7BrO3. The van der Waals surface area contributed by atoms with Crippen LogP contribution >= 0.6 is 15.9 Å². The predicted molar refractivity (Wildman–Crippen MR) is 43.4 cm³/mol. The van der Waals surface area contributed by atoms with Gasteiger partial charge in [0.25, 0.3) is 0 Å². The number of rotatable bonds is 1. The molecule has 0 unspecified atom stereocenters. The zero-order valence-corrected chi connectivity index (χ0v) is 7.17. The highest BCUT2D eigenvalue weighted by atomic mass is 79.9. The molecule has 11 heavy (non-hydrogen) atoms. The molecule has 1 aromatic carbocycles. The summed E-state index contributed by atoms with van der Waals surface area (Å²) >= 11 is 3.11. The lowest BCUT2D eigenvalue weighted by Gasteiger charge is -2.03. The quantitative estimate of drug-likeness (QED) is 0.624. The second kappa shape index (κ2) is 3.11. The molecule has 0 aliphatic rings. The Morgan fingerprint density at radius 2 is 1.91 bits per heavy atom. The van der Waals surface area contributed by atoms with Crippen LogP contribution in [0.1, 0.15) is 5.56 Å². The van der Waals surface area contributed by atoms with Crippen LogP contribution in [0.25, 0.3) is 0 Å². The van der Waals surface area contributed by atoms with Gasteiger partial charge in [0, 0.05) is 10.0 Å². The van der Waals surface area contributed by atoms with E-state index in [2.05, 4.69) is 15.9 Å². The molecule has 60 valence electrons. The molecule has 0 aromatic heterocycles. The Kier molecular flexibility index (Phi) is 2.36. The van der Waals surface area contributed by atoms with E-state index in [0.717, 1.165) is 0 Å². The molecule has 0 amide bonds. The summed E-state index contributed by atoms with van der Waals surface area (Å²) in [6, 6.07) is 2.89. The van der Waals surface area contributed by atoms with E-state index in [4.69, 9.17) is 15.3 Å². The van der Waals surface area contributed by atoms with E-state index in [9.17, 15) is 0 Å². The molecule has 3 nitrogen and oxygen atoms in total. The summed E-state index contributed by atoms with van der Waals surface area (Å²) in [5, 5.41) is 26.8. The van der Waals surface area contributed by atoms with Crippen LogP contribution < -0.4 is 0 Å². The van der Waals surface area contributed by atoms with Crippen molar-refractivity contribution < 1.29 is 15.3 Å². The van der Waals surface area contributed by atoms with Crippen molar-refractivity contribution in [2.24, 2.45) is 0 Å². The van der Waals surface area contributed by atoms with E-state index in [1.165, 1.54) is 12.1 Å². The minimum Gasteiger partial charge on any atom is -0.504 e. The van der Waals surface area contributed by atoms with E-state index in [-0.39, 0.29) is 18.1 Å². The van der Waals surface area contributed by atoms with Crippen LogP contribution in [-0.2, 0) is 6.61 Å². The van der Waals surface area contributed by atoms with Crippen LogP contribution in [0, 0.1) is 0 Å². The second-order valence-corrected chi connectivity index (χ2v) is 3.01. The van der Waals surface area contributed by atoms with Crippen LogP contribution in [0.2, 0.25) is 0 Å². The Labute approximate surface area is 72.0 Å². The zero-order valence-electron chi connectivity index (χ0n) is 5.58. The van der Waals surface area contributed by atoms with Gasteiger partial charge in [-0.2, -0.15) is 0 Å². The Morgan fingerprint density at radius 3 is 2.45 bits per heavy atom. The molecular weight excluding hydrogens is 212 g/mol. The third-order valence-electron chi connectivity index (χ3n) is 1.30. The SMILES string of the molecule is OCc1cc(Br)cc(O)c1O. The Bertz CT molecular complexity index is 273. The average Bonchev–Trinajstić information content (AvgIpc) is 1.96. The van der Waals surface area contributed by atoms with Crippen LogP contribution in [0.3, 0.4) is 0 Å². The first-order valence-electron chi connectivity index (χ1n) is 2.96. The highest BCUT2D eigenvalue weighted by Gasteiger charge is 2.06. The van der Waals surface area contributed by atoms with Gasteiger partial charge in [-0.25, -0.2) is 0 Å². The lowest BCUT2D eigenvalue weighted by atomic mass is 10.2. The first kappa shape index (κ1) is 8.36. The Hall–Kier alpha value is -0.740. The zero-order chi connectivity index (χ0) is 8.43. The molecule has 4 heteroatoms. The van der Waals surface area contributed by atoms with E-state index in [0.29, 0.717) is 10.0 Å². The van der Waals surface area contributed by atoms with Crippen molar-refractivity contribution in [1.82, 2.24) is 0 Å². The summed E-state index contributed by atoms with van der Waals surface area (Å²) in [5.74, 6) is -0.501. The van der Waals surface area contributed by atoms with Crippen molar-refractivity contribution in [1.29, 1.82) is 0 Å². The molecule has 0 aliphatic carbocycles. The first-order valence-corrected chi connectivity index (χ1v) is 3.75. The minimum atomic E-state index is -0.293. The summed E-state index contributed by atoms with van der Waals surface area (Å²) in [4.78, 5) is 0. The van der Waals surface area contributed by atoms with Crippen molar-refractivity contribution in [3.05, 3.63) is 22.2 Å². The third kappa shape index (κ3) is 1.64. The number of hydrogen-bond donors (Lipinski definition) is 3. The highest BCUT2D eigenvalue weighted by molar-refractivity contribution is 9.10. The van der Waals surface area contributed by atoms with Crippen molar-refractivity contribution in [2.45, 2.75) is 6.61 Å². The van der Waals surface area contributed by atoms with Gasteiger partial charge in [0.1, 0.15) is 0 Å². The second-order valence-electron chi connectivity index (χ2n) is 2.09. The molecule has 0 saturated carbocycles. The molecule has 0 heterocycles. The summed E-state index contributed by atoms with van der Waals surface area (Å²) < 4.78 is 0.622. The molecule has 0 aliphatic heterocycles. The van der Waals surface area contributed by atoms with Crippen molar-refractivity contribution >= 4 is 15.9 Å².